The van der Waals surface area contributed by atoms with E-state index in [-0.39, 0.29) is 0 Å². The largest absolute Gasteiger partial charge is 0.263 e. The topological polar surface area (TPSA) is 17.2 Å². The van der Waals surface area contributed by atoms with Crippen LogP contribution in [0.25, 0.3) is 4.85 Å². The average Bonchev–Trinajstić information content (AvgIpc) is 2.05. The number of aromatic nitrogens is 1. The first-order chi connectivity index (χ1) is 4.86. The maximum Gasteiger partial charge on any atom is 0.190 e. The van der Waals surface area contributed by atoms with Crippen molar-refractivity contribution in [1.82, 2.24) is 4.98 Å². The standard InChI is InChI=1S/C7H5ClN2/c1-9-6-2-3-10-7(4-6)5-8/h2-4H,5H2. The summed E-state index contributed by atoms with van der Waals surface area (Å²) in [4.78, 5) is 7.16. The predicted octanol–water partition coefficient (Wildman–Crippen LogP) is 2.37. The van der Waals surface area contributed by atoms with Crippen molar-refractivity contribution >= 4 is 17.3 Å². The van der Waals surface area contributed by atoms with E-state index >= 15 is 0 Å². The molecule has 0 bridgehead atoms. The van der Waals surface area contributed by atoms with Crippen LogP contribution in [-0.4, -0.2) is 4.98 Å². The first-order valence-corrected chi connectivity index (χ1v) is 3.28. The van der Waals surface area contributed by atoms with Gasteiger partial charge in [-0.3, -0.25) is 4.98 Å². The molecule has 0 saturated heterocycles. The monoisotopic (exact) mass is 152 g/mol. The molecule has 0 aliphatic rings. The lowest BCUT2D eigenvalue weighted by atomic mass is 10.3. The first-order valence-electron chi connectivity index (χ1n) is 2.75. The summed E-state index contributed by atoms with van der Waals surface area (Å²) in [6.45, 7) is 6.67. The van der Waals surface area contributed by atoms with Gasteiger partial charge in [0.25, 0.3) is 0 Å². The van der Waals surface area contributed by atoms with Gasteiger partial charge >= 0.3 is 0 Å². The van der Waals surface area contributed by atoms with E-state index in [2.05, 4.69) is 9.83 Å². The van der Waals surface area contributed by atoms with Gasteiger partial charge in [0.05, 0.1) is 12.5 Å². The summed E-state index contributed by atoms with van der Waals surface area (Å²) in [5.74, 6) is 0.364. The van der Waals surface area contributed by atoms with Crippen molar-refractivity contribution in [1.29, 1.82) is 0 Å². The first kappa shape index (κ1) is 7.04. The molecule has 10 heavy (non-hydrogen) atoms. The van der Waals surface area contributed by atoms with Crippen LogP contribution in [0.4, 0.5) is 5.69 Å². The van der Waals surface area contributed by atoms with Gasteiger partial charge in [0.15, 0.2) is 5.69 Å². The molecular weight excluding hydrogens is 148 g/mol. The van der Waals surface area contributed by atoms with Gasteiger partial charge < -0.3 is 0 Å². The maximum atomic E-state index is 6.67. The summed E-state index contributed by atoms with van der Waals surface area (Å²) in [6.07, 6.45) is 1.59. The Morgan fingerprint density at radius 3 is 3.10 bits per heavy atom. The van der Waals surface area contributed by atoms with Crippen molar-refractivity contribution in [2.45, 2.75) is 5.88 Å². The number of hydrogen-bond acceptors (Lipinski definition) is 1. The van der Waals surface area contributed by atoms with Gasteiger partial charge in [-0.15, -0.1) is 11.6 Å². The molecule has 1 heterocycles. The van der Waals surface area contributed by atoms with Crippen LogP contribution in [0.3, 0.4) is 0 Å². The van der Waals surface area contributed by atoms with Crippen LogP contribution >= 0.6 is 11.6 Å². The van der Waals surface area contributed by atoms with Crippen LogP contribution in [-0.2, 0) is 5.88 Å². The highest BCUT2D eigenvalue weighted by molar-refractivity contribution is 6.16. The van der Waals surface area contributed by atoms with Crippen molar-refractivity contribution in [3.63, 3.8) is 0 Å². The SMILES string of the molecule is [C-]#[N+]c1ccnc(CCl)c1. The van der Waals surface area contributed by atoms with E-state index in [0.29, 0.717) is 11.6 Å². The average molecular weight is 153 g/mol. The molecule has 2 nitrogen and oxygen atoms in total. The van der Waals surface area contributed by atoms with Crippen LogP contribution in [0.1, 0.15) is 5.69 Å². The number of nitrogens with zero attached hydrogens (tertiary/aromatic N) is 2. The fraction of sp³-hybridized carbons (Fsp3) is 0.143. The van der Waals surface area contributed by atoms with Gasteiger partial charge in [-0.1, -0.05) is 0 Å². The Hall–Kier alpha value is -1.07. The van der Waals surface area contributed by atoms with Gasteiger partial charge in [-0.05, 0) is 12.1 Å². The van der Waals surface area contributed by atoms with Gasteiger partial charge in [0, 0.05) is 11.9 Å². The van der Waals surface area contributed by atoms with Crippen molar-refractivity contribution in [2.24, 2.45) is 0 Å². The molecule has 0 N–H and O–H groups in total. The molecule has 0 atom stereocenters. The molecule has 0 spiro atoms. The number of rotatable bonds is 1. The second-order valence-corrected chi connectivity index (χ2v) is 2.02. The smallest absolute Gasteiger partial charge is 0.190 e. The van der Waals surface area contributed by atoms with Gasteiger partial charge in [0.2, 0.25) is 0 Å². The Labute approximate surface area is 64.3 Å². The summed E-state index contributed by atoms with van der Waals surface area (Å²) in [6, 6.07) is 3.34. The maximum absolute atomic E-state index is 6.67. The Bertz CT molecular complexity index is 265. The fourth-order valence-corrected chi connectivity index (χ4v) is 0.754. The van der Waals surface area contributed by atoms with E-state index < -0.39 is 0 Å². The molecule has 1 aromatic rings. The van der Waals surface area contributed by atoms with Crippen molar-refractivity contribution in [3.8, 4) is 0 Å². The van der Waals surface area contributed by atoms with Gasteiger partial charge in [-0.2, -0.15) is 0 Å². The van der Waals surface area contributed by atoms with Crippen molar-refractivity contribution in [3.05, 3.63) is 35.4 Å². The molecule has 50 valence electrons. The molecule has 0 aliphatic heterocycles. The van der Waals surface area contributed by atoms with E-state index in [4.69, 9.17) is 18.2 Å². The van der Waals surface area contributed by atoms with Gasteiger partial charge in [0.1, 0.15) is 0 Å². The number of hydrogen-bond donors (Lipinski definition) is 0. The van der Waals surface area contributed by atoms with E-state index in [0.717, 1.165) is 5.69 Å². The number of pyridine rings is 1. The number of halogens is 1. The molecule has 0 fully saturated rings. The van der Waals surface area contributed by atoms with Crippen molar-refractivity contribution in [2.75, 3.05) is 0 Å². The third-order valence-electron chi connectivity index (χ3n) is 1.07. The van der Waals surface area contributed by atoms with Crippen LogP contribution in [0.15, 0.2) is 18.3 Å². The van der Waals surface area contributed by atoms with E-state index in [1.807, 2.05) is 0 Å². The quantitative estimate of drug-likeness (QED) is 0.446. The fourth-order valence-electron chi connectivity index (χ4n) is 0.608. The van der Waals surface area contributed by atoms with E-state index in [1.165, 1.54) is 0 Å². The van der Waals surface area contributed by atoms with Crippen LogP contribution in [0.5, 0.6) is 0 Å². The van der Waals surface area contributed by atoms with Crippen LogP contribution in [0, 0.1) is 6.57 Å². The summed E-state index contributed by atoms with van der Waals surface area (Å²) in [5.41, 5.74) is 1.33. The molecule has 0 aliphatic carbocycles. The van der Waals surface area contributed by atoms with E-state index in [1.54, 1.807) is 18.3 Å². The minimum Gasteiger partial charge on any atom is -0.263 e. The van der Waals surface area contributed by atoms with Crippen molar-refractivity contribution < 1.29 is 0 Å². The molecule has 0 saturated carbocycles. The number of alkyl halides is 1. The third kappa shape index (κ3) is 1.46. The molecule has 0 radical (unpaired) electrons. The summed E-state index contributed by atoms with van der Waals surface area (Å²) in [7, 11) is 0. The minimum absolute atomic E-state index is 0.364. The lowest BCUT2D eigenvalue weighted by molar-refractivity contribution is 1.17. The van der Waals surface area contributed by atoms with Crippen LogP contribution < -0.4 is 0 Å². The molecule has 1 aromatic heterocycles. The zero-order chi connectivity index (χ0) is 7.40. The highest BCUT2D eigenvalue weighted by atomic mass is 35.5. The normalized spacial score (nSPS) is 8.80. The lowest BCUT2D eigenvalue weighted by Gasteiger charge is -1.91. The lowest BCUT2D eigenvalue weighted by Crippen LogP contribution is -1.80. The molecular formula is C7H5ClN2. The highest BCUT2D eigenvalue weighted by Gasteiger charge is 1.92. The zero-order valence-corrected chi connectivity index (χ0v) is 5.97. The summed E-state index contributed by atoms with van der Waals surface area (Å²) in [5, 5.41) is 0. The minimum atomic E-state index is 0.364. The molecule has 0 aromatic carbocycles. The van der Waals surface area contributed by atoms with E-state index in [9.17, 15) is 0 Å². The highest BCUT2D eigenvalue weighted by Crippen LogP contribution is 2.12. The second kappa shape index (κ2) is 3.19. The Morgan fingerprint density at radius 1 is 1.70 bits per heavy atom. The predicted molar refractivity (Wildman–Crippen MR) is 40.1 cm³/mol. The third-order valence-corrected chi connectivity index (χ3v) is 1.34. The molecule has 0 amide bonds. The molecule has 0 unspecified atom stereocenters. The zero-order valence-electron chi connectivity index (χ0n) is 5.21. The van der Waals surface area contributed by atoms with Crippen LogP contribution in [0.2, 0.25) is 0 Å². The molecule has 3 heteroatoms. The Morgan fingerprint density at radius 2 is 2.50 bits per heavy atom. The Kier molecular flexibility index (Phi) is 2.24. The second-order valence-electron chi connectivity index (χ2n) is 1.75. The van der Waals surface area contributed by atoms with Gasteiger partial charge in [-0.25, -0.2) is 4.85 Å². The molecule has 1 rings (SSSR count). The summed E-state index contributed by atoms with van der Waals surface area (Å²) >= 11 is 5.49. The Balaban J connectivity index is 3.01. The summed E-state index contributed by atoms with van der Waals surface area (Å²) < 4.78 is 0.